The van der Waals surface area contributed by atoms with E-state index in [4.69, 9.17) is 5.73 Å². The summed E-state index contributed by atoms with van der Waals surface area (Å²) in [6.45, 7) is 1.87. The quantitative estimate of drug-likeness (QED) is 0.504. The van der Waals surface area contributed by atoms with Gasteiger partial charge in [-0.25, -0.2) is 23.1 Å². The minimum atomic E-state index is -1.23. The van der Waals surface area contributed by atoms with Crippen LogP contribution in [0, 0.1) is 11.6 Å². The van der Waals surface area contributed by atoms with Gasteiger partial charge in [-0.05, 0) is 38.0 Å². The molecule has 1 atom stereocenters. The third-order valence-electron chi connectivity index (χ3n) is 4.69. The van der Waals surface area contributed by atoms with Crippen molar-refractivity contribution in [1.82, 2.24) is 24.1 Å². The van der Waals surface area contributed by atoms with Gasteiger partial charge in [0.15, 0.2) is 17.3 Å². The summed E-state index contributed by atoms with van der Waals surface area (Å²) in [7, 11) is 0. The maximum absolute atomic E-state index is 14.8. The van der Waals surface area contributed by atoms with Crippen molar-refractivity contribution in [3.63, 3.8) is 0 Å². The standard InChI is InChI=1S/C20H18F2N6O2/c1-11(23)4-5-16-13(7-12(21)8-24-16)17-3-2-6-27(17)19-15(22)10-28-18(26-19)14(9-25-28)20(29)30/h2-3,6-11H,4-5,23H2,1H3,(H,29,30)/t11-/m1/s1. The number of pyridine rings is 1. The van der Waals surface area contributed by atoms with E-state index in [1.165, 1.54) is 10.6 Å². The maximum Gasteiger partial charge on any atom is 0.341 e. The first kappa shape index (κ1) is 19.6. The smallest absolute Gasteiger partial charge is 0.341 e. The van der Waals surface area contributed by atoms with Gasteiger partial charge in [0.05, 0.1) is 24.3 Å². The molecular weight excluding hydrogens is 394 g/mol. The van der Waals surface area contributed by atoms with Crippen molar-refractivity contribution < 1.29 is 18.7 Å². The number of carbonyl (C=O) groups is 1. The van der Waals surface area contributed by atoms with Crippen molar-refractivity contribution in [2.75, 3.05) is 0 Å². The molecule has 0 aliphatic heterocycles. The number of aromatic nitrogens is 5. The predicted octanol–water partition coefficient (Wildman–Crippen LogP) is 2.84. The van der Waals surface area contributed by atoms with Crippen molar-refractivity contribution in [3.8, 4) is 17.1 Å². The third-order valence-corrected chi connectivity index (χ3v) is 4.69. The van der Waals surface area contributed by atoms with Crippen LogP contribution in [0.1, 0.15) is 29.4 Å². The molecule has 0 unspecified atom stereocenters. The molecule has 0 radical (unpaired) electrons. The highest BCUT2D eigenvalue weighted by Crippen LogP contribution is 2.28. The van der Waals surface area contributed by atoms with Gasteiger partial charge in [-0.2, -0.15) is 5.10 Å². The Kier molecular flexibility index (Phi) is 5.00. The summed E-state index contributed by atoms with van der Waals surface area (Å²) in [6.07, 6.45) is 6.00. The zero-order valence-electron chi connectivity index (χ0n) is 16.0. The topological polar surface area (TPSA) is 111 Å². The van der Waals surface area contributed by atoms with Gasteiger partial charge in [-0.1, -0.05) is 0 Å². The molecule has 4 rings (SSSR count). The number of fused-ring (bicyclic) bond motifs is 1. The fraction of sp³-hybridized carbons (Fsp3) is 0.200. The van der Waals surface area contributed by atoms with Crippen LogP contribution in [-0.2, 0) is 6.42 Å². The van der Waals surface area contributed by atoms with E-state index in [2.05, 4.69) is 15.1 Å². The van der Waals surface area contributed by atoms with Crippen molar-refractivity contribution in [2.45, 2.75) is 25.8 Å². The Morgan fingerprint density at radius 3 is 2.87 bits per heavy atom. The second kappa shape index (κ2) is 7.64. The summed E-state index contributed by atoms with van der Waals surface area (Å²) >= 11 is 0. The average molecular weight is 412 g/mol. The van der Waals surface area contributed by atoms with Gasteiger partial charge in [0.1, 0.15) is 11.4 Å². The number of aryl methyl sites for hydroxylation is 1. The van der Waals surface area contributed by atoms with Crippen molar-refractivity contribution >= 4 is 11.6 Å². The van der Waals surface area contributed by atoms with Crippen molar-refractivity contribution in [1.29, 1.82) is 0 Å². The molecule has 0 spiro atoms. The molecule has 4 heterocycles. The molecule has 0 saturated heterocycles. The highest BCUT2D eigenvalue weighted by Gasteiger charge is 2.20. The lowest BCUT2D eigenvalue weighted by Gasteiger charge is -2.14. The minimum absolute atomic E-state index is 0.00639. The molecule has 0 amide bonds. The molecule has 0 saturated carbocycles. The highest BCUT2D eigenvalue weighted by atomic mass is 19.1. The molecule has 30 heavy (non-hydrogen) atoms. The van der Waals surface area contributed by atoms with Crippen molar-refractivity contribution in [2.24, 2.45) is 5.73 Å². The van der Waals surface area contributed by atoms with E-state index in [1.54, 1.807) is 18.3 Å². The first-order valence-electron chi connectivity index (χ1n) is 9.20. The van der Waals surface area contributed by atoms with Crippen LogP contribution >= 0.6 is 0 Å². The third kappa shape index (κ3) is 3.52. The number of carboxylic acid groups (broad SMARTS) is 1. The predicted molar refractivity (Wildman–Crippen MR) is 104 cm³/mol. The number of hydrogen-bond acceptors (Lipinski definition) is 5. The Labute approximate surface area is 169 Å². The van der Waals surface area contributed by atoms with Crippen LogP contribution in [0.5, 0.6) is 0 Å². The lowest BCUT2D eigenvalue weighted by Crippen LogP contribution is -2.16. The fourth-order valence-corrected chi connectivity index (χ4v) is 3.24. The first-order valence-corrected chi connectivity index (χ1v) is 9.20. The Bertz CT molecular complexity index is 1250. The van der Waals surface area contributed by atoms with Crippen LogP contribution in [-0.4, -0.2) is 41.3 Å². The average Bonchev–Trinajstić information content (AvgIpc) is 3.32. The normalized spacial score (nSPS) is 12.4. The number of nitrogens with two attached hydrogens (primary N) is 1. The van der Waals surface area contributed by atoms with Crippen LogP contribution in [0.25, 0.3) is 22.7 Å². The van der Waals surface area contributed by atoms with Gasteiger partial charge in [0.2, 0.25) is 0 Å². The highest BCUT2D eigenvalue weighted by molar-refractivity contribution is 5.94. The minimum Gasteiger partial charge on any atom is -0.477 e. The zero-order valence-corrected chi connectivity index (χ0v) is 16.0. The van der Waals surface area contributed by atoms with E-state index in [9.17, 15) is 18.7 Å². The van der Waals surface area contributed by atoms with Crippen LogP contribution in [0.15, 0.2) is 43.0 Å². The number of nitrogens with zero attached hydrogens (tertiary/aromatic N) is 5. The van der Waals surface area contributed by atoms with E-state index in [-0.39, 0.29) is 23.1 Å². The van der Waals surface area contributed by atoms with E-state index >= 15 is 0 Å². The molecule has 0 aliphatic rings. The van der Waals surface area contributed by atoms with Gasteiger partial charge in [0, 0.05) is 23.5 Å². The molecule has 3 N–H and O–H groups in total. The number of hydrogen-bond donors (Lipinski definition) is 2. The number of rotatable bonds is 6. The Morgan fingerprint density at radius 1 is 1.33 bits per heavy atom. The van der Waals surface area contributed by atoms with Gasteiger partial charge in [-0.3, -0.25) is 9.55 Å². The van der Waals surface area contributed by atoms with E-state index < -0.39 is 17.6 Å². The second-order valence-corrected chi connectivity index (χ2v) is 6.97. The monoisotopic (exact) mass is 412 g/mol. The van der Waals surface area contributed by atoms with E-state index in [0.29, 0.717) is 29.8 Å². The van der Waals surface area contributed by atoms with Gasteiger partial charge >= 0.3 is 5.97 Å². The number of aromatic carboxylic acids is 1. The zero-order chi connectivity index (χ0) is 21.4. The molecular formula is C20H18F2N6O2. The van der Waals surface area contributed by atoms with Crippen LogP contribution in [0.3, 0.4) is 0 Å². The SMILES string of the molecule is C[C@@H](N)CCc1ncc(F)cc1-c1cccn1-c1nc2c(C(=O)O)cnn2cc1F. The molecule has 4 aromatic heterocycles. The Morgan fingerprint density at radius 2 is 2.13 bits per heavy atom. The first-order chi connectivity index (χ1) is 14.3. The van der Waals surface area contributed by atoms with Crippen molar-refractivity contribution in [3.05, 3.63) is 65.9 Å². The fourth-order valence-electron chi connectivity index (χ4n) is 3.24. The van der Waals surface area contributed by atoms with E-state index in [1.807, 2.05) is 6.92 Å². The summed E-state index contributed by atoms with van der Waals surface area (Å²) in [5.74, 6) is -2.61. The summed E-state index contributed by atoms with van der Waals surface area (Å²) in [6, 6.07) is 4.61. The largest absolute Gasteiger partial charge is 0.477 e. The summed E-state index contributed by atoms with van der Waals surface area (Å²) in [4.78, 5) is 19.8. The molecule has 0 aliphatic carbocycles. The second-order valence-electron chi connectivity index (χ2n) is 6.97. The summed E-state index contributed by atoms with van der Waals surface area (Å²) < 4.78 is 31.3. The Hall–Kier alpha value is -3.66. The van der Waals surface area contributed by atoms with E-state index in [0.717, 1.165) is 23.1 Å². The lowest BCUT2D eigenvalue weighted by molar-refractivity contribution is 0.0698. The molecule has 8 nitrogen and oxygen atoms in total. The molecule has 0 fully saturated rings. The van der Waals surface area contributed by atoms with Gasteiger partial charge < -0.3 is 10.8 Å². The lowest BCUT2D eigenvalue weighted by atomic mass is 10.0. The van der Waals surface area contributed by atoms with Crippen LogP contribution in [0.4, 0.5) is 8.78 Å². The molecule has 4 aromatic rings. The maximum atomic E-state index is 14.8. The van der Waals surface area contributed by atoms with Gasteiger partial charge in [0.25, 0.3) is 0 Å². The van der Waals surface area contributed by atoms with Crippen LogP contribution in [0.2, 0.25) is 0 Å². The number of carboxylic acids is 1. The molecule has 0 bridgehead atoms. The molecule has 154 valence electrons. The molecule has 0 aromatic carbocycles. The summed E-state index contributed by atoms with van der Waals surface area (Å²) in [5, 5.41) is 13.1. The van der Waals surface area contributed by atoms with Crippen LogP contribution < -0.4 is 5.73 Å². The van der Waals surface area contributed by atoms with Gasteiger partial charge in [-0.15, -0.1) is 0 Å². The summed E-state index contributed by atoms with van der Waals surface area (Å²) in [5.41, 5.74) is 7.24. The Balaban J connectivity index is 1.87. The molecule has 10 heteroatoms. The number of halogens is 2.